The molecule has 0 bridgehead atoms. The van der Waals surface area contributed by atoms with E-state index in [2.05, 4.69) is 15.2 Å². The molecule has 2 aromatic carbocycles. The zero-order chi connectivity index (χ0) is 12.4. The molecular formula is C15H13N3. The zero-order valence-corrected chi connectivity index (χ0v) is 10.1. The normalized spacial score (nSPS) is 11.4. The topological polar surface area (TPSA) is 40.5 Å². The zero-order valence-electron chi connectivity index (χ0n) is 10.1. The summed E-state index contributed by atoms with van der Waals surface area (Å²) < 4.78 is 0. The molecule has 0 fully saturated rings. The second-order valence-electron chi connectivity index (χ2n) is 4.26. The van der Waals surface area contributed by atoms with Gasteiger partial charge >= 0.3 is 0 Å². The van der Waals surface area contributed by atoms with Gasteiger partial charge in [0.1, 0.15) is 5.69 Å². The number of H-pyrrole nitrogens is 1. The van der Waals surface area contributed by atoms with E-state index in [1.165, 1.54) is 5.56 Å². The van der Waals surface area contributed by atoms with Crippen LogP contribution in [-0.2, 0) is 0 Å². The lowest BCUT2D eigenvalue weighted by atomic mass is 10.2. The summed E-state index contributed by atoms with van der Waals surface area (Å²) in [5.41, 5.74) is 4.01. The average molecular weight is 235 g/mol. The van der Waals surface area contributed by atoms with Crippen LogP contribution in [-0.4, -0.2) is 4.98 Å². The fourth-order valence-corrected chi connectivity index (χ4v) is 1.94. The van der Waals surface area contributed by atoms with E-state index in [0.717, 1.165) is 22.3 Å². The quantitative estimate of drug-likeness (QED) is 0.614. The van der Waals surface area contributed by atoms with Crippen molar-refractivity contribution in [3.63, 3.8) is 0 Å². The van der Waals surface area contributed by atoms with Gasteiger partial charge in [0.05, 0.1) is 5.69 Å². The molecule has 3 aromatic rings. The summed E-state index contributed by atoms with van der Waals surface area (Å²) in [7, 11) is 0. The molecule has 0 unspecified atom stereocenters. The van der Waals surface area contributed by atoms with Gasteiger partial charge in [0, 0.05) is 17.1 Å². The van der Waals surface area contributed by atoms with Gasteiger partial charge in [-0.2, -0.15) is 5.11 Å². The van der Waals surface area contributed by atoms with E-state index in [9.17, 15) is 0 Å². The van der Waals surface area contributed by atoms with Crippen molar-refractivity contribution in [2.24, 2.45) is 10.2 Å². The molecule has 0 spiro atoms. The Balaban J connectivity index is 1.97. The van der Waals surface area contributed by atoms with Crippen molar-refractivity contribution in [1.29, 1.82) is 0 Å². The lowest BCUT2D eigenvalue weighted by Gasteiger charge is -1.94. The molecule has 18 heavy (non-hydrogen) atoms. The standard InChI is InChI=1S/C15H13N3/c1-11-5-4-6-12(9-11)17-18-15-10-16-14-8-3-2-7-13(14)15/h2-10,16H,1H3. The van der Waals surface area contributed by atoms with Crippen LogP contribution < -0.4 is 0 Å². The highest BCUT2D eigenvalue weighted by atomic mass is 15.1. The van der Waals surface area contributed by atoms with E-state index in [-0.39, 0.29) is 0 Å². The van der Waals surface area contributed by atoms with Crippen LogP contribution in [0.4, 0.5) is 11.4 Å². The number of aromatic amines is 1. The third-order valence-corrected chi connectivity index (χ3v) is 2.84. The number of nitrogens with zero attached hydrogens (tertiary/aromatic N) is 2. The van der Waals surface area contributed by atoms with Crippen molar-refractivity contribution in [3.8, 4) is 0 Å². The van der Waals surface area contributed by atoms with E-state index < -0.39 is 0 Å². The Morgan fingerprint density at radius 3 is 2.72 bits per heavy atom. The number of rotatable bonds is 2. The number of benzene rings is 2. The number of para-hydroxylation sites is 1. The van der Waals surface area contributed by atoms with Crippen molar-refractivity contribution >= 4 is 22.3 Å². The minimum Gasteiger partial charge on any atom is -0.359 e. The van der Waals surface area contributed by atoms with Crippen molar-refractivity contribution in [2.75, 3.05) is 0 Å². The van der Waals surface area contributed by atoms with Crippen LogP contribution in [0.25, 0.3) is 10.9 Å². The summed E-state index contributed by atoms with van der Waals surface area (Å²) in [4.78, 5) is 3.18. The minimum absolute atomic E-state index is 0.868. The van der Waals surface area contributed by atoms with E-state index in [1.54, 1.807) is 0 Å². The van der Waals surface area contributed by atoms with Crippen LogP contribution in [0.15, 0.2) is 65.0 Å². The van der Waals surface area contributed by atoms with Gasteiger partial charge in [-0.3, -0.25) is 0 Å². The van der Waals surface area contributed by atoms with Gasteiger partial charge < -0.3 is 4.98 Å². The summed E-state index contributed by atoms with van der Waals surface area (Å²) in [6, 6.07) is 16.1. The number of hydrogen-bond acceptors (Lipinski definition) is 2. The lowest BCUT2D eigenvalue weighted by Crippen LogP contribution is -1.68. The maximum Gasteiger partial charge on any atom is 0.111 e. The third kappa shape index (κ3) is 2.02. The summed E-state index contributed by atoms with van der Waals surface area (Å²) >= 11 is 0. The first-order valence-electron chi connectivity index (χ1n) is 5.87. The summed E-state index contributed by atoms with van der Waals surface area (Å²) in [5, 5.41) is 9.66. The van der Waals surface area contributed by atoms with Gasteiger partial charge in [-0.25, -0.2) is 0 Å². The Morgan fingerprint density at radius 1 is 0.944 bits per heavy atom. The van der Waals surface area contributed by atoms with Crippen LogP contribution >= 0.6 is 0 Å². The largest absolute Gasteiger partial charge is 0.359 e. The number of aryl methyl sites for hydroxylation is 1. The molecule has 0 amide bonds. The van der Waals surface area contributed by atoms with Crippen LogP contribution in [0.1, 0.15) is 5.56 Å². The van der Waals surface area contributed by atoms with Crippen molar-refractivity contribution < 1.29 is 0 Å². The molecule has 0 saturated carbocycles. The molecule has 0 aliphatic rings. The van der Waals surface area contributed by atoms with Crippen molar-refractivity contribution in [3.05, 3.63) is 60.3 Å². The molecule has 1 N–H and O–H groups in total. The number of hydrogen-bond donors (Lipinski definition) is 1. The first-order valence-corrected chi connectivity index (χ1v) is 5.87. The summed E-state index contributed by atoms with van der Waals surface area (Å²) in [5.74, 6) is 0. The molecule has 0 aliphatic heterocycles. The van der Waals surface area contributed by atoms with Crippen molar-refractivity contribution in [2.45, 2.75) is 6.92 Å². The number of nitrogens with one attached hydrogen (secondary N) is 1. The van der Waals surface area contributed by atoms with Crippen LogP contribution in [0, 0.1) is 6.92 Å². The molecule has 3 heteroatoms. The van der Waals surface area contributed by atoms with Crippen molar-refractivity contribution in [1.82, 2.24) is 4.98 Å². The third-order valence-electron chi connectivity index (χ3n) is 2.84. The van der Waals surface area contributed by atoms with Gasteiger partial charge in [-0.1, -0.05) is 30.3 Å². The van der Waals surface area contributed by atoms with E-state index in [1.807, 2.05) is 61.7 Å². The van der Waals surface area contributed by atoms with Gasteiger partial charge in [0.15, 0.2) is 0 Å². The SMILES string of the molecule is Cc1cccc(N=Nc2c[nH]c3ccccc23)c1. The van der Waals surface area contributed by atoms with E-state index in [4.69, 9.17) is 0 Å². The van der Waals surface area contributed by atoms with E-state index in [0.29, 0.717) is 0 Å². The summed E-state index contributed by atoms with van der Waals surface area (Å²) in [6.07, 6.45) is 1.88. The minimum atomic E-state index is 0.868. The van der Waals surface area contributed by atoms with Gasteiger partial charge in [0.2, 0.25) is 0 Å². The Labute approximate surface area is 105 Å². The monoisotopic (exact) mass is 235 g/mol. The molecule has 0 saturated heterocycles. The first-order chi connectivity index (χ1) is 8.83. The van der Waals surface area contributed by atoms with Gasteiger partial charge in [-0.05, 0) is 30.7 Å². The predicted octanol–water partition coefficient (Wildman–Crippen LogP) is 4.89. The number of azo groups is 1. The fraction of sp³-hybridized carbons (Fsp3) is 0.0667. The maximum absolute atomic E-state index is 4.30. The fourth-order valence-electron chi connectivity index (χ4n) is 1.94. The van der Waals surface area contributed by atoms with Crippen LogP contribution in [0.2, 0.25) is 0 Å². The molecule has 0 aliphatic carbocycles. The molecule has 1 heterocycles. The molecular weight excluding hydrogens is 222 g/mol. The highest BCUT2D eigenvalue weighted by Gasteiger charge is 2.00. The number of fused-ring (bicyclic) bond motifs is 1. The Bertz CT molecular complexity index is 710. The molecule has 1 aromatic heterocycles. The van der Waals surface area contributed by atoms with E-state index >= 15 is 0 Å². The molecule has 3 rings (SSSR count). The molecule has 88 valence electrons. The first kappa shape index (κ1) is 10.7. The highest BCUT2D eigenvalue weighted by Crippen LogP contribution is 2.27. The maximum atomic E-state index is 4.30. The second kappa shape index (κ2) is 4.45. The number of aromatic nitrogens is 1. The summed E-state index contributed by atoms with van der Waals surface area (Å²) in [6.45, 7) is 2.05. The molecule has 0 atom stereocenters. The van der Waals surface area contributed by atoms with Crippen LogP contribution in [0.3, 0.4) is 0 Å². The van der Waals surface area contributed by atoms with Gasteiger partial charge in [-0.15, -0.1) is 5.11 Å². The predicted molar refractivity (Wildman–Crippen MR) is 73.7 cm³/mol. The Kier molecular flexibility index (Phi) is 2.65. The van der Waals surface area contributed by atoms with Crippen LogP contribution in [0.5, 0.6) is 0 Å². The second-order valence-corrected chi connectivity index (χ2v) is 4.26. The Morgan fingerprint density at radius 2 is 1.83 bits per heavy atom. The molecule has 3 nitrogen and oxygen atoms in total. The average Bonchev–Trinajstić information content (AvgIpc) is 2.80. The highest BCUT2D eigenvalue weighted by molar-refractivity contribution is 5.90. The smallest absolute Gasteiger partial charge is 0.111 e. The molecule has 0 radical (unpaired) electrons. The lowest BCUT2D eigenvalue weighted by molar-refractivity contribution is 1.23. The van der Waals surface area contributed by atoms with Gasteiger partial charge in [0.25, 0.3) is 0 Å². The Hall–Kier alpha value is -2.42.